The van der Waals surface area contributed by atoms with Crippen LogP contribution in [0.4, 0.5) is 5.69 Å². The third-order valence-electron chi connectivity index (χ3n) is 5.68. The Morgan fingerprint density at radius 1 is 1.09 bits per heavy atom. The van der Waals surface area contributed by atoms with Crippen LogP contribution in [0.2, 0.25) is 0 Å². The summed E-state index contributed by atoms with van der Waals surface area (Å²) in [5, 5.41) is 7.25. The summed E-state index contributed by atoms with van der Waals surface area (Å²) in [5.41, 5.74) is 3.77. The van der Waals surface area contributed by atoms with Gasteiger partial charge in [-0.3, -0.25) is 9.48 Å². The van der Waals surface area contributed by atoms with Gasteiger partial charge >= 0.3 is 0 Å². The van der Waals surface area contributed by atoms with Crippen molar-refractivity contribution in [2.75, 3.05) is 38.7 Å². The fourth-order valence-corrected chi connectivity index (χ4v) is 5.28. The van der Waals surface area contributed by atoms with Crippen molar-refractivity contribution in [1.82, 2.24) is 14.1 Å². The van der Waals surface area contributed by atoms with Crippen molar-refractivity contribution in [2.45, 2.75) is 25.3 Å². The van der Waals surface area contributed by atoms with E-state index in [1.165, 1.54) is 23.5 Å². The number of aryl methyl sites for hydroxylation is 2. The molecule has 2 aromatic carbocycles. The van der Waals surface area contributed by atoms with Gasteiger partial charge in [-0.2, -0.15) is 9.40 Å². The molecule has 0 aliphatic carbocycles. The highest BCUT2D eigenvalue weighted by atomic mass is 32.2. The molecule has 0 unspecified atom stereocenters. The molecule has 34 heavy (non-hydrogen) atoms. The highest BCUT2D eigenvalue weighted by molar-refractivity contribution is 7.89. The number of methoxy groups -OCH3 is 1. The lowest BCUT2D eigenvalue weighted by atomic mass is 10.1. The number of sulfonamides is 1. The number of amides is 1. The van der Waals surface area contributed by atoms with Crippen LogP contribution >= 0.6 is 0 Å². The van der Waals surface area contributed by atoms with Crippen molar-refractivity contribution in [3.8, 4) is 5.75 Å². The molecule has 9 nitrogen and oxygen atoms in total. The highest BCUT2D eigenvalue weighted by Gasteiger charge is 2.27. The first-order valence-electron chi connectivity index (χ1n) is 11.0. The molecule has 1 aromatic heterocycles. The van der Waals surface area contributed by atoms with E-state index in [-0.39, 0.29) is 16.5 Å². The molecule has 1 saturated heterocycles. The first kappa shape index (κ1) is 23.9. The number of carbonyl (C=O) groups is 1. The molecular weight excluding hydrogens is 456 g/mol. The van der Waals surface area contributed by atoms with Gasteiger partial charge in [-0.05, 0) is 55.8 Å². The molecule has 3 aromatic rings. The van der Waals surface area contributed by atoms with Crippen molar-refractivity contribution < 1.29 is 22.7 Å². The van der Waals surface area contributed by atoms with E-state index in [0.29, 0.717) is 44.2 Å². The number of ether oxygens (including phenoxy) is 2. The second-order valence-corrected chi connectivity index (χ2v) is 10.1. The van der Waals surface area contributed by atoms with Crippen LogP contribution in [0.15, 0.2) is 53.4 Å². The summed E-state index contributed by atoms with van der Waals surface area (Å²) >= 11 is 0. The Morgan fingerprint density at radius 2 is 1.79 bits per heavy atom. The van der Waals surface area contributed by atoms with Crippen LogP contribution < -0.4 is 10.1 Å². The van der Waals surface area contributed by atoms with Gasteiger partial charge in [-0.15, -0.1) is 0 Å². The first-order chi connectivity index (χ1) is 16.3. The number of carbonyl (C=O) groups excluding carboxylic acids is 1. The number of rotatable bonds is 7. The minimum absolute atomic E-state index is 0.0886. The zero-order valence-corrected chi connectivity index (χ0v) is 20.3. The zero-order valence-electron chi connectivity index (χ0n) is 19.4. The SMILES string of the molecule is COc1ccc(S(=O)(=O)N2CCOCC2)cc1NC(=O)c1ccc(Cn2nc(C)cc2C)cc1. The van der Waals surface area contributed by atoms with E-state index in [1.807, 2.05) is 36.7 Å². The first-order valence-corrected chi connectivity index (χ1v) is 12.4. The van der Waals surface area contributed by atoms with Gasteiger partial charge in [0.15, 0.2) is 0 Å². The topological polar surface area (TPSA) is 103 Å². The molecule has 1 N–H and O–H groups in total. The average Bonchev–Trinajstić information content (AvgIpc) is 3.16. The Bertz CT molecular complexity index is 1280. The Kier molecular flexibility index (Phi) is 7.01. The Morgan fingerprint density at radius 3 is 2.41 bits per heavy atom. The van der Waals surface area contributed by atoms with Crippen molar-refractivity contribution in [1.29, 1.82) is 0 Å². The fraction of sp³-hybridized carbons (Fsp3) is 0.333. The summed E-state index contributed by atoms with van der Waals surface area (Å²) in [6, 6.07) is 13.7. The van der Waals surface area contributed by atoms with Crippen molar-refractivity contribution in [2.24, 2.45) is 0 Å². The fourth-order valence-electron chi connectivity index (χ4n) is 3.85. The van der Waals surface area contributed by atoms with Crippen LogP contribution in [0, 0.1) is 13.8 Å². The quantitative estimate of drug-likeness (QED) is 0.553. The highest BCUT2D eigenvalue weighted by Crippen LogP contribution is 2.29. The molecule has 0 saturated carbocycles. The molecule has 2 heterocycles. The summed E-state index contributed by atoms with van der Waals surface area (Å²) in [6.45, 7) is 5.86. The Balaban J connectivity index is 1.51. The zero-order chi connectivity index (χ0) is 24.3. The van der Waals surface area contributed by atoms with Gasteiger partial charge in [0.2, 0.25) is 10.0 Å². The molecule has 4 rings (SSSR count). The van der Waals surface area contributed by atoms with Crippen LogP contribution in [-0.4, -0.2) is 61.8 Å². The number of hydrogen-bond donors (Lipinski definition) is 1. The average molecular weight is 485 g/mol. The van der Waals surface area contributed by atoms with Crippen molar-refractivity contribution in [3.05, 3.63) is 71.0 Å². The largest absolute Gasteiger partial charge is 0.495 e. The molecule has 0 spiro atoms. The maximum absolute atomic E-state index is 13.0. The lowest BCUT2D eigenvalue weighted by molar-refractivity contribution is 0.0730. The van der Waals surface area contributed by atoms with Crippen LogP contribution in [0.25, 0.3) is 0 Å². The molecule has 0 radical (unpaired) electrons. The van der Waals surface area contributed by atoms with E-state index < -0.39 is 10.0 Å². The summed E-state index contributed by atoms with van der Waals surface area (Å²) in [7, 11) is -2.24. The lowest BCUT2D eigenvalue weighted by Gasteiger charge is -2.26. The molecule has 1 fully saturated rings. The second-order valence-electron chi connectivity index (χ2n) is 8.11. The monoisotopic (exact) mass is 484 g/mol. The van der Waals surface area contributed by atoms with Crippen molar-refractivity contribution in [3.63, 3.8) is 0 Å². The standard InChI is InChI=1S/C24H28N4O5S/c1-17-14-18(2)28(26-17)16-19-4-6-20(7-5-19)24(29)25-22-15-21(8-9-23(22)32-3)34(30,31)27-10-12-33-13-11-27/h4-9,14-15H,10-13,16H2,1-3H3,(H,25,29). The van der Waals surface area contributed by atoms with Gasteiger partial charge in [-0.1, -0.05) is 12.1 Å². The molecule has 0 bridgehead atoms. The minimum atomic E-state index is -3.71. The number of morpholine rings is 1. The van der Waals surface area contributed by atoms with Crippen LogP contribution in [0.3, 0.4) is 0 Å². The molecule has 1 amide bonds. The van der Waals surface area contributed by atoms with E-state index in [2.05, 4.69) is 10.4 Å². The number of anilines is 1. The van der Waals surface area contributed by atoms with E-state index in [1.54, 1.807) is 18.2 Å². The van der Waals surface area contributed by atoms with Gasteiger partial charge in [0, 0.05) is 24.3 Å². The number of nitrogens with zero attached hydrogens (tertiary/aromatic N) is 3. The molecule has 1 aliphatic rings. The number of benzene rings is 2. The van der Waals surface area contributed by atoms with Crippen LogP contribution in [0.5, 0.6) is 5.75 Å². The van der Waals surface area contributed by atoms with Gasteiger partial charge in [-0.25, -0.2) is 8.42 Å². The maximum Gasteiger partial charge on any atom is 0.255 e. The number of nitrogens with one attached hydrogen (secondary N) is 1. The molecule has 0 atom stereocenters. The Labute approximate surface area is 199 Å². The van der Waals surface area contributed by atoms with Gasteiger partial charge in [0.1, 0.15) is 5.75 Å². The summed E-state index contributed by atoms with van der Waals surface area (Å²) < 4.78 is 39.9. The van der Waals surface area contributed by atoms with E-state index in [4.69, 9.17) is 9.47 Å². The van der Waals surface area contributed by atoms with E-state index in [0.717, 1.165) is 17.0 Å². The van der Waals surface area contributed by atoms with E-state index in [9.17, 15) is 13.2 Å². The van der Waals surface area contributed by atoms with Crippen LogP contribution in [-0.2, 0) is 21.3 Å². The third-order valence-corrected chi connectivity index (χ3v) is 7.57. The normalized spacial score (nSPS) is 14.7. The number of aromatic nitrogens is 2. The van der Waals surface area contributed by atoms with Crippen LogP contribution in [0.1, 0.15) is 27.3 Å². The third kappa shape index (κ3) is 5.14. The summed E-state index contributed by atoms with van der Waals surface area (Å²) in [4.78, 5) is 13.0. The smallest absolute Gasteiger partial charge is 0.255 e. The number of hydrogen-bond acceptors (Lipinski definition) is 6. The maximum atomic E-state index is 13.0. The van der Waals surface area contributed by atoms with Gasteiger partial charge < -0.3 is 14.8 Å². The van der Waals surface area contributed by atoms with Crippen molar-refractivity contribution >= 4 is 21.6 Å². The van der Waals surface area contributed by atoms with E-state index >= 15 is 0 Å². The molecule has 180 valence electrons. The molecule has 10 heteroatoms. The van der Waals surface area contributed by atoms with Gasteiger partial charge in [0.05, 0.1) is 43.1 Å². The summed E-state index contributed by atoms with van der Waals surface area (Å²) in [5.74, 6) is 0.00677. The predicted molar refractivity (Wildman–Crippen MR) is 128 cm³/mol. The summed E-state index contributed by atoms with van der Waals surface area (Å²) in [6.07, 6.45) is 0. The molecule has 1 aliphatic heterocycles. The molecular formula is C24H28N4O5S. The van der Waals surface area contributed by atoms with Gasteiger partial charge in [0.25, 0.3) is 5.91 Å². The Hall–Kier alpha value is -3.21. The predicted octanol–water partition coefficient (Wildman–Crippen LogP) is 2.83. The lowest BCUT2D eigenvalue weighted by Crippen LogP contribution is -2.40. The minimum Gasteiger partial charge on any atom is -0.495 e. The second kappa shape index (κ2) is 9.96.